The molecule has 0 aliphatic heterocycles. The van der Waals surface area contributed by atoms with Crippen molar-refractivity contribution in [2.24, 2.45) is 5.73 Å². The van der Waals surface area contributed by atoms with E-state index < -0.39 is 0 Å². The van der Waals surface area contributed by atoms with E-state index in [-0.39, 0.29) is 24.3 Å². The molecule has 0 atom stereocenters. The number of nitrogens with zero attached hydrogens (tertiary/aromatic N) is 2. The van der Waals surface area contributed by atoms with Gasteiger partial charge in [-0.25, -0.2) is 4.79 Å². The molecule has 1 aromatic carbocycles. The maximum atomic E-state index is 12.2. The fraction of sp³-hybridized carbons (Fsp3) is 0.231. The molecule has 20 heavy (non-hydrogen) atoms. The van der Waals surface area contributed by atoms with Crippen LogP contribution in [0.3, 0.4) is 0 Å². The minimum absolute atomic E-state index is 0.201. The first-order valence-electron chi connectivity index (χ1n) is 5.97. The van der Waals surface area contributed by atoms with Gasteiger partial charge in [0.25, 0.3) is 5.56 Å². The van der Waals surface area contributed by atoms with Gasteiger partial charge in [0.05, 0.1) is 6.54 Å². The maximum Gasteiger partial charge on any atom is 0.331 e. The number of aromatic nitrogens is 2. The van der Waals surface area contributed by atoms with E-state index in [0.29, 0.717) is 11.6 Å². The van der Waals surface area contributed by atoms with E-state index in [9.17, 15) is 9.59 Å². The molecule has 5 nitrogen and oxygen atoms in total. The van der Waals surface area contributed by atoms with Gasteiger partial charge in [0, 0.05) is 34.8 Å². The Labute approximate surface area is 128 Å². The summed E-state index contributed by atoms with van der Waals surface area (Å²) in [5.74, 6) is 0. The average Bonchev–Trinajstić information content (AvgIpc) is 2.40. The van der Waals surface area contributed by atoms with Crippen molar-refractivity contribution in [2.45, 2.75) is 13.1 Å². The lowest BCUT2D eigenvalue weighted by Crippen LogP contribution is -2.40. The van der Waals surface area contributed by atoms with Crippen LogP contribution >= 0.6 is 27.5 Å². The van der Waals surface area contributed by atoms with Crippen molar-refractivity contribution in [3.63, 3.8) is 0 Å². The van der Waals surface area contributed by atoms with Crippen LogP contribution in [0.5, 0.6) is 0 Å². The second-order valence-electron chi connectivity index (χ2n) is 4.24. The lowest BCUT2D eigenvalue weighted by molar-refractivity contribution is 0.579. The Kier molecular flexibility index (Phi) is 4.80. The van der Waals surface area contributed by atoms with Gasteiger partial charge in [-0.1, -0.05) is 33.6 Å². The average molecular weight is 359 g/mol. The summed E-state index contributed by atoms with van der Waals surface area (Å²) in [5.41, 5.74) is 5.47. The highest BCUT2D eigenvalue weighted by molar-refractivity contribution is 9.10. The van der Waals surface area contributed by atoms with Gasteiger partial charge in [-0.2, -0.15) is 0 Å². The number of benzene rings is 1. The van der Waals surface area contributed by atoms with E-state index in [1.54, 1.807) is 6.07 Å². The van der Waals surface area contributed by atoms with Crippen LogP contribution in [0.2, 0.25) is 5.02 Å². The first-order valence-corrected chi connectivity index (χ1v) is 7.14. The fourth-order valence-electron chi connectivity index (χ4n) is 1.85. The van der Waals surface area contributed by atoms with Crippen molar-refractivity contribution in [2.75, 3.05) is 6.54 Å². The number of halogens is 2. The van der Waals surface area contributed by atoms with Crippen LogP contribution in [0.25, 0.3) is 0 Å². The zero-order valence-electron chi connectivity index (χ0n) is 10.6. The van der Waals surface area contributed by atoms with Crippen molar-refractivity contribution in [1.82, 2.24) is 9.13 Å². The monoisotopic (exact) mass is 357 g/mol. The van der Waals surface area contributed by atoms with Crippen LogP contribution in [0.1, 0.15) is 5.56 Å². The largest absolute Gasteiger partial charge is 0.331 e. The summed E-state index contributed by atoms with van der Waals surface area (Å²) < 4.78 is 3.42. The summed E-state index contributed by atoms with van der Waals surface area (Å²) >= 11 is 9.46. The smallest absolute Gasteiger partial charge is 0.329 e. The number of hydrogen-bond acceptors (Lipinski definition) is 3. The fourth-order valence-corrected chi connectivity index (χ4v) is 2.58. The molecule has 1 aromatic heterocycles. The Balaban J connectivity index is 2.42. The van der Waals surface area contributed by atoms with E-state index in [1.807, 2.05) is 12.1 Å². The summed E-state index contributed by atoms with van der Waals surface area (Å²) in [7, 11) is 0. The quantitative estimate of drug-likeness (QED) is 0.899. The third-order valence-corrected chi connectivity index (χ3v) is 3.69. The lowest BCUT2D eigenvalue weighted by atomic mass is 10.2. The van der Waals surface area contributed by atoms with Gasteiger partial charge in [0.1, 0.15) is 0 Å². The molecule has 2 N–H and O–H groups in total. The number of nitrogens with two attached hydrogens (primary N) is 1. The first kappa shape index (κ1) is 15.0. The highest BCUT2D eigenvalue weighted by Crippen LogP contribution is 2.21. The number of hydrogen-bond donors (Lipinski definition) is 1. The summed E-state index contributed by atoms with van der Waals surface area (Å²) in [6, 6.07) is 6.79. The van der Waals surface area contributed by atoms with Crippen LogP contribution in [-0.2, 0) is 13.1 Å². The third kappa shape index (κ3) is 3.20. The van der Waals surface area contributed by atoms with E-state index >= 15 is 0 Å². The Morgan fingerprint density at radius 3 is 2.65 bits per heavy atom. The second kappa shape index (κ2) is 6.39. The van der Waals surface area contributed by atoms with Gasteiger partial charge in [-0.05, 0) is 17.7 Å². The van der Waals surface area contributed by atoms with Gasteiger partial charge in [-0.3, -0.25) is 13.9 Å². The molecular weight excluding hydrogens is 346 g/mol. The zero-order chi connectivity index (χ0) is 14.7. The van der Waals surface area contributed by atoms with Crippen molar-refractivity contribution in [3.8, 4) is 0 Å². The molecule has 0 amide bonds. The molecule has 7 heteroatoms. The van der Waals surface area contributed by atoms with Gasteiger partial charge in [0.15, 0.2) is 0 Å². The molecule has 0 aliphatic rings. The van der Waals surface area contributed by atoms with E-state index in [4.69, 9.17) is 17.3 Å². The lowest BCUT2D eigenvalue weighted by Gasteiger charge is -2.10. The molecular formula is C13H13BrClN3O2. The molecule has 2 aromatic rings. The van der Waals surface area contributed by atoms with Crippen molar-refractivity contribution in [1.29, 1.82) is 0 Å². The van der Waals surface area contributed by atoms with Crippen molar-refractivity contribution < 1.29 is 0 Å². The Hall–Kier alpha value is -1.37. The summed E-state index contributed by atoms with van der Waals surface area (Å²) in [6.07, 6.45) is 1.47. The number of rotatable bonds is 4. The predicted octanol–water partition coefficient (Wildman–Crippen LogP) is 1.43. The Bertz CT molecular complexity index is 739. The molecule has 0 radical (unpaired) electrons. The molecule has 106 valence electrons. The van der Waals surface area contributed by atoms with E-state index in [2.05, 4.69) is 15.9 Å². The molecule has 0 aliphatic carbocycles. The Morgan fingerprint density at radius 1 is 1.25 bits per heavy atom. The van der Waals surface area contributed by atoms with E-state index in [1.165, 1.54) is 16.8 Å². The van der Waals surface area contributed by atoms with Gasteiger partial charge in [-0.15, -0.1) is 0 Å². The second-order valence-corrected chi connectivity index (χ2v) is 5.56. The zero-order valence-corrected chi connectivity index (χ0v) is 12.9. The highest BCUT2D eigenvalue weighted by atomic mass is 79.9. The minimum atomic E-state index is -0.387. The maximum absolute atomic E-state index is 12.2. The predicted molar refractivity (Wildman–Crippen MR) is 82.3 cm³/mol. The molecule has 2 rings (SSSR count). The minimum Gasteiger partial charge on any atom is -0.329 e. The molecule has 0 fully saturated rings. The van der Waals surface area contributed by atoms with Gasteiger partial charge >= 0.3 is 5.69 Å². The van der Waals surface area contributed by atoms with Crippen LogP contribution in [0.4, 0.5) is 0 Å². The molecule has 0 spiro atoms. The highest BCUT2D eigenvalue weighted by Gasteiger charge is 2.07. The SMILES string of the molecule is NCCn1c(=O)ccn(Cc2ccc(Br)cc2Cl)c1=O. The standard InChI is InChI=1S/C13H13BrClN3O2/c14-10-2-1-9(11(15)7-10)8-17-5-3-12(19)18(6-4-16)13(17)20/h1-3,5,7H,4,6,8,16H2. The van der Waals surface area contributed by atoms with Crippen LogP contribution < -0.4 is 17.0 Å². The molecule has 0 saturated heterocycles. The Morgan fingerprint density at radius 2 is 2.00 bits per heavy atom. The molecule has 1 heterocycles. The van der Waals surface area contributed by atoms with Gasteiger partial charge < -0.3 is 5.73 Å². The molecule has 0 bridgehead atoms. The van der Waals surface area contributed by atoms with E-state index in [0.717, 1.165) is 14.6 Å². The molecule has 0 unspecified atom stereocenters. The summed E-state index contributed by atoms with van der Waals surface area (Å²) in [5, 5.41) is 0.558. The first-order chi connectivity index (χ1) is 9.52. The molecule has 0 saturated carbocycles. The van der Waals surface area contributed by atoms with Crippen molar-refractivity contribution in [3.05, 3.63) is 66.4 Å². The topological polar surface area (TPSA) is 70.0 Å². The summed E-state index contributed by atoms with van der Waals surface area (Å²) in [4.78, 5) is 23.8. The van der Waals surface area contributed by atoms with Crippen LogP contribution in [0, 0.1) is 0 Å². The van der Waals surface area contributed by atoms with Crippen LogP contribution in [0.15, 0.2) is 44.5 Å². The van der Waals surface area contributed by atoms with Crippen LogP contribution in [-0.4, -0.2) is 15.7 Å². The normalized spacial score (nSPS) is 10.8. The van der Waals surface area contributed by atoms with Gasteiger partial charge in [0.2, 0.25) is 0 Å². The summed E-state index contributed by atoms with van der Waals surface area (Å²) in [6.45, 7) is 0.737. The van der Waals surface area contributed by atoms with Crippen molar-refractivity contribution >= 4 is 27.5 Å². The third-order valence-electron chi connectivity index (χ3n) is 2.85.